The van der Waals surface area contributed by atoms with Crippen LogP contribution in [0.4, 0.5) is 5.69 Å². The molecule has 3 rings (SSSR count). The van der Waals surface area contributed by atoms with E-state index in [1.807, 2.05) is 0 Å². The highest BCUT2D eigenvalue weighted by Gasteiger charge is 2.24. The Morgan fingerprint density at radius 2 is 1.72 bits per heavy atom. The molecule has 1 N–H and O–H groups in total. The number of nitro groups is 1. The van der Waals surface area contributed by atoms with Gasteiger partial charge < -0.3 is 5.11 Å². The zero-order chi connectivity index (χ0) is 21.3. The Labute approximate surface area is 166 Å². The first-order valence-electron chi connectivity index (χ1n) is 8.54. The highest BCUT2D eigenvalue weighted by atomic mass is 32.2. The molecule has 0 saturated carbocycles. The lowest BCUT2D eigenvalue weighted by Gasteiger charge is -2.10. The predicted molar refractivity (Wildman–Crippen MR) is 105 cm³/mol. The van der Waals surface area contributed by atoms with Gasteiger partial charge in [-0.2, -0.15) is 5.10 Å². The second kappa shape index (κ2) is 7.47. The van der Waals surface area contributed by atoms with Gasteiger partial charge in [-0.05, 0) is 30.7 Å². The van der Waals surface area contributed by atoms with Crippen molar-refractivity contribution in [1.29, 1.82) is 0 Å². The van der Waals surface area contributed by atoms with Crippen LogP contribution in [0.1, 0.15) is 23.0 Å². The number of non-ortho nitro benzene ring substituents is 1. The first kappa shape index (κ1) is 20.2. The molecule has 0 aliphatic carbocycles. The summed E-state index contributed by atoms with van der Waals surface area (Å²) in [6.07, 6.45) is 1.47. The molecule has 3 aromatic rings. The number of sulfone groups is 1. The normalized spacial score (nSPS) is 11.4. The SMILES string of the molecule is CCc1c(C(=O)O)nn(-c2ccc([N+](=O)[O-])cc2)c1-c1ccc(S(C)(=O)=O)cc1. The molecule has 1 heterocycles. The first-order chi connectivity index (χ1) is 13.6. The maximum absolute atomic E-state index is 11.7. The van der Waals surface area contributed by atoms with Crippen molar-refractivity contribution in [1.82, 2.24) is 9.78 Å². The lowest BCUT2D eigenvalue weighted by Crippen LogP contribution is -2.03. The molecule has 0 fully saturated rings. The van der Waals surface area contributed by atoms with Gasteiger partial charge in [-0.1, -0.05) is 19.1 Å². The molecular formula is C19H17N3O6S. The number of carbonyl (C=O) groups is 1. The molecule has 29 heavy (non-hydrogen) atoms. The van der Waals surface area contributed by atoms with Crippen molar-refractivity contribution in [3.05, 3.63) is 69.9 Å². The minimum absolute atomic E-state index is 0.103. The van der Waals surface area contributed by atoms with Crippen LogP contribution in [0.25, 0.3) is 16.9 Å². The number of hydrogen-bond donors (Lipinski definition) is 1. The second-order valence-corrected chi connectivity index (χ2v) is 8.33. The Hall–Kier alpha value is -3.53. The fraction of sp³-hybridized carbons (Fsp3) is 0.158. The van der Waals surface area contributed by atoms with Crippen molar-refractivity contribution in [2.24, 2.45) is 0 Å². The summed E-state index contributed by atoms with van der Waals surface area (Å²) in [6, 6.07) is 11.6. The average Bonchev–Trinajstić information content (AvgIpc) is 3.07. The first-order valence-corrected chi connectivity index (χ1v) is 10.4. The number of aromatic nitrogens is 2. The Balaban J connectivity index is 2.24. The monoisotopic (exact) mass is 415 g/mol. The Morgan fingerprint density at radius 1 is 1.14 bits per heavy atom. The standard InChI is InChI=1S/C19H17N3O6S/c1-3-16-17(19(23)24)20-21(13-6-8-14(9-7-13)22(25)26)18(16)12-4-10-15(11-5-12)29(2,27)28/h4-11H,3H2,1-2H3,(H,23,24). The van der Waals surface area contributed by atoms with Gasteiger partial charge in [-0.25, -0.2) is 17.9 Å². The van der Waals surface area contributed by atoms with E-state index in [1.165, 1.54) is 41.1 Å². The fourth-order valence-corrected chi connectivity index (χ4v) is 3.65. The summed E-state index contributed by atoms with van der Waals surface area (Å²) < 4.78 is 24.8. The van der Waals surface area contributed by atoms with Crippen LogP contribution < -0.4 is 0 Å². The molecule has 1 aromatic heterocycles. The minimum Gasteiger partial charge on any atom is -0.476 e. The van der Waals surface area contributed by atoms with Crippen molar-refractivity contribution in [2.45, 2.75) is 18.2 Å². The number of carboxylic acid groups (broad SMARTS) is 1. The zero-order valence-corrected chi connectivity index (χ0v) is 16.4. The number of aromatic carboxylic acids is 1. The number of rotatable bonds is 6. The van der Waals surface area contributed by atoms with Crippen LogP contribution in [0.2, 0.25) is 0 Å². The van der Waals surface area contributed by atoms with E-state index in [9.17, 15) is 28.4 Å². The van der Waals surface area contributed by atoms with Crippen LogP contribution in [0, 0.1) is 10.1 Å². The Morgan fingerprint density at radius 3 is 2.17 bits per heavy atom. The van der Waals surface area contributed by atoms with E-state index in [1.54, 1.807) is 19.1 Å². The van der Waals surface area contributed by atoms with Crippen LogP contribution in [-0.4, -0.2) is 40.5 Å². The third kappa shape index (κ3) is 3.87. The molecular weight excluding hydrogens is 398 g/mol. The zero-order valence-electron chi connectivity index (χ0n) is 15.6. The van der Waals surface area contributed by atoms with Crippen LogP contribution in [0.5, 0.6) is 0 Å². The van der Waals surface area contributed by atoms with E-state index < -0.39 is 20.7 Å². The van der Waals surface area contributed by atoms with Crippen molar-refractivity contribution >= 4 is 21.5 Å². The highest BCUT2D eigenvalue weighted by molar-refractivity contribution is 7.90. The van der Waals surface area contributed by atoms with Crippen LogP contribution in [0.3, 0.4) is 0 Å². The number of nitrogens with zero attached hydrogens (tertiary/aromatic N) is 3. The summed E-state index contributed by atoms with van der Waals surface area (Å²) in [5.41, 5.74) is 1.75. The van der Waals surface area contributed by atoms with Gasteiger partial charge in [-0.3, -0.25) is 10.1 Å². The molecule has 0 aliphatic heterocycles. The van der Waals surface area contributed by atoms with E-state index in [-0.39, 0.29) is 16.3 Å². The topological polar surface area (TPSA) is 132 Å². The Bertz CT molecular complexity index is 1200. The maximum Gasteiger partial charge on any atom is 0.356 e. The molecule has 0 radical (unpaired) electrons. The molecule has 9 nitrogen and oxygen atoms in total. The summed E-state index contributed by atoms with van der Waals surface area (Å²) in [5.74, 6) is -1.20. The maximum atomic E-state index is 11.7. The van der Waals surface area contributed by atoms with Crippen molar-refractivity contribution in [3.8, 4) is 16.9 Å². The summed E-state index contributed by atoms with van der Waals surface area (Å²) in [7, 11) is -3.38. The Kier molecular flexibility index (Phi) is 5.21. The molecule has 0 aliphatic rings. The van der Waals surface area contributed by atoms with E-state index in [0.717, 1.165) is 6.26 Å². The fourth-order valence-electron chi connectivity index (χ4n) is 3.02. The van der Waals surface area contributed by atoms with Gasteiger partial charge in [0.25, 0.3) is 5.69 Å². The third-order valence-electron chi connectivity index (χ3n) is 4.40. The van der Waals surface area contributed by atoms with Crippen LogP contribution in [0.15, 0.2) is 53.4 Å². The van der Waals surface area contributed by atoms with Gasteiger partial charge in [0.2, 0.25) is 0 Å². The molecule has 0 amide bonds. The smallest absolute Gasteiger partial charge is 0.356 e. The van der Waals surface area contributed by atoms with Crippen molar-refractivity contribution < 1.29 is 23.2 Å². The molecule has 0 atom stereocenters. The molecule has 150 valence electrons. The van der Waals surface area contributed by atoms with Crippen LogP contribution in [-0.2, 0) is 16.3 Å². The summed E-state index contributed by atoms with van der Waals surface area (Å²) in [5, 5.41) is 24.7. The highest BCUT2D eigenvalue weighted by Crippen LogP contribution is 2.31. The van der Waals surface area contributed by atoms with Crippen LogP contribution >= 0.6 is 0 Å². The molecule has 0 spiro atoms. The lowest BCUT2D eigenvalue weighted by atomic mass is 10.0. The average molecular weight is 415 g/mol. The quantitative estimate of drug-likeness (QED) is 0.483. The summed E-state index contributed by atoms with van der Waals surface area (Å²) >= 11 is 0. The molecule has 0 bridgehead atoms. The molecule has 10 heteroatoms. The molecule has 2 aromatic carbocycles. The number of hydrogen-bond acceptors (Lipinski definition) is 6. The van der Waals surface area contributed by atoms with Crippen molar-refractivity contribution in [2.75, 3.05) is 6.26 Å². The number of nitro benzene ring substituents is 1. The summed E-state index contributed by atoms with van der Waals surface area (Å²) in [6.45, 7) is 1.79. The largest absolute Gasteiger partial charge is 0.476 e. The lowest BCUT2D eigenvalue weighted by molar-refractivity contribution is -0.384. The minimum atomic E-state index is -3.38. The third-order valence-corrected chi connectivity index (χ3v) is 5.53. The van der Waals surface area contributed by atoms with Gasteiger partial charge in [0, 0.05) is 29.5 Å². The predicted octanol–water partition coefficient (Wildman–Crippen LogP) is 3.11. The van der Waals surface area contributed by atoms with Gasteiger partial charge in [0.05, 0.1) is 21.2 Å². The van der Waals surface area contributed by atoms with Gasteiger partial charge in [-0.15, -0.1) is 0 Å². The number of benzene rings is 2. The van der Waals surface area contributed by atoms with E-state index >= 15 is 0 Å². The molecule has 0 unspecified atom stereocenters. The van der Waals surface area contributed by atoms with E-state index in [0.29, 0.717) is 28.9 Å². The van der Waals surface area contributed by atoms with E-state index in [4.69, 9.17) is 0 Å². The molecule has 0 saturated heterocycles. The number of carboxylic acids is 1. The van der Waals surface area contributed by atoms with Gasteiger partial charge in [0.1, 0.15) is 0 Å². The van der Waals surface area contributed by atoms with Gasteiger partial charge in [0.15, 0.2) is 15.5 Å². The summed E-state index contributed by atoms with van der Waals surface area (Å²) in [4.78, 5) is 22.2. The van der Waals surface area contributed by atoms with Crippen molar-refractivity contribution in [3.63, 3.8) is 0 Å². The second-order valence-electron chi connectivity index (χ2n) is 6.32. The van der Waals surface area contributed by atoms with Gasteiger partial charge >= 0.3 is 5.97 Å². The van der Waals surface area contributed by atoms with E-state index in [2.05, 4.69) is 5.10 Å².